The summed E-state index contributed by atoms with van der Waals surface area (Å²) < 4.78 is 0. The molecule has 0 bridgehead atoms. The van der Waals surface area contributed by atoms with Crippen molar-refractivity contribution in [2.24, 2.45) is 0 Å². The summed E-state index contributed by atoms with van der Waals surface area (Å²) in [5.41, 5.74) is 17.9. The van der Waals surface area contributed by atoms with Crippen molar-refractivity contribution in [3.8, 4) is 67.4 Å². The predicted octanol–water partition coefficient (Wildman–Crippen LogP) is 15.4. The van der Waals surface area contributed by atoms with Gasteiger partial charge in [0.05, 0.1) is 33.8 Å². The van der Waals surface area contributed by atoms with E-state index < -0.39 is 0 Å². The molecule has 0 radical (unpaired) electrons. The van der Waals surface area contributed by atoms with Crippen molar-refractivity contribution in [2.45, 2.75) is 19.3 Å². The number of hydrogen-bond donors (Lipinski definition) is 0. The van der Waals surface area contributed by atoms with E-state index >= 15 is 0 Å². The van der Waals surface area contributed by atoms with Crippen molar-refractivity contribution in [1.29, 1.82) is 0 Å². The van der Waals surface area contributed by atoms with Crippen LogP contribution in [0.15, 0.2) is 225 Å². The van der Waals surface area contributed by atoms with Crippen LogP contribution < -0.4 is 0 Å². The van der Waals surface area contributed by atoms with Gasteiger partial charge in [0.15, 0.2) is 5.82 Å². The Morgan fingerprint density at radius 2 is 1.09 bits per heavy atom. The van der Waals surface area contributed by atoms with E-state index in [0.717, 1.165) is 119 Å². The van der Waals surface area contributed by atoms with E-state index in [0.29, 0.717) is 5.82 Å². The first-order chi connectivity index (χ1) is 33.2. The maximum Gasteiger partial charge on any atom is 0.160 e. The fourth-order valence-corrected chi connectivity index (χ4v) is 9.38. The highest BCUT2D eigenvalue weighted by atomic mass is 14.9. The molecule has 67 heavy (non-hydrogen) atoms. The number of pyridine rings is 3. The van der Waals surface area contributed by atoms with E-state index in [2.05, 4.69) is 199 Å². The molecule has 0 aliphatic heterocycles. The number of rotatable bonds is 9. The van der Waals surface area contributed by atoms with Crippen LogP contribution in [0.3, 0.4) is 0 Å². The fraction of sp³-hybridized carbons (Fsp3) is 0.0484. The zero-order chi connectivity index (χ0) is 44.5. The topological polar surface area (TPSA) is 64.5 Å². The number of fused-ring (bicyclic) bond motifs is 4. The van der Waals surface area contributed by atoms with Gasteiger partial charge >= 0.3 is 0 Å². The van der Waals surface area contributed by atoms with Crippen molar-refractivity contribution in [3.05, 3.63) is 242 Å². The van der Waals surface area contributed by atoms with E-state index in [1.54, 1.807) is 0 Å². The molecule has 1 aliphatic carbocycles. The minimum Gasteiger partial charge on any atom is -0.264 e. The molecule has 0 N–H and O–H groups in total. The van der Waals surface area contributed by atoms with Crippen molar-refractivity contribution in [3.63, 3.8) is 0 Å². The summed E-state index contributed by atoms with van der Waals surface area (Å²) in [4.78, 5) is 25.4. The van der Waals surface area contributed by atoms with Gasteiger partial charge in [-0.1, -0.05) is 182 Å². The highest BCUT2D eigenvalue weighted by Crippen LogP contribution is 2.36. The van der Waals surface area contributed by atoms with Crippen LogP contribution in [0.1, 0.15) is 29.7 Å². The first-order valence-corrected chi connectivity index (χ1v) is 22.9. The zero-order valence-corrected chi connectivity index (χ0v) is 36.7. The summed E-state index contributed by atoms with van der Waals surface area (Å²) in [5.74, 6) is 0.675. The molecule has 316 valence electrons. The molecule has 4 heterocycles. The Bertz CT molecular complexity index is 3680. The number of nitrogens with zero attached hydrogens (tertiary/aromatic N) is 5. The predicted molar refractivity (Wildman–Crippen MR) is 276 cm³/mol. The van der Waals surface area contributed by atoms with Crippen molar-refractivity contribution < 1.29 is 0 Å². The van der Waals surface area contributed by atoms with Gasteiger partial charge in [-0.25, -0.2) is 19.9 Å². The van der Waals surface area contributed by atoms with Crippen LogP contribution in [0.2, 0.25) is 0 Å². The third-order valence-electron chi connectivity index (χ3n) is 12.9. The lowest BCUT2D eigenvalue weighted by atomic mass is 9.95. The Hall–Kier alpha value is -8.67. The van der Waals surface area contributed by atoms with Gasteiger partial charge < -0.3 is 0 Å². The Kier molecular flexibility index (Phi) is 10.3. The van der Waals surface area contributed by atoms with Gasteiger partial charge in [0, 0.05) is 50.8 Å². The monoisotopic (exact) mass is 857 g/mol. The quantitative estimate of drug-likeness (QED) is 0.135. The molecule has 0 amide bonds. The normalized spacial score (nSPS) is 12.4. The van der Waals surface area contributed by atoms with E-state index in [9.17, 15) is 0 Å². The SMILES string of the molecule is C1=CCCC(c2cc(Cc3ccccc3)c3ccc4ccc(-c5ccc(-c6ccc(-c7nc(-c8ccccc8)cc(-c8cccc(-c9cccc%10ccncc9%10)c8)n7)cc6)cc5)nc4c3n2)=C1. The average molecular weight is 858 g/mol. The second kappa shape index (κ2) is 17.4. The van der Waals surface area contributed by atoms with Crippen molar-refractivity contribution >= 4 is 38.2 Å². The maximum atomic E-state index is 5.34. The summed E-state index contributed by atoms with van der Waals surface area (Å²) in [6.45, 7) is 0. The maximum absolute atomic E-state index is 5.34. The minimum atomic E-state index is 0.675. The van der Waals surface area contributed by atoms with Crippen LogP contribution in [0.5, 0.6) is 0 Å². The molecule has 0 spiro atoms. The Morgan fingerprint density at radius 1 is 0.418 bits per heavy atom. The molecular weight excluding hydrogens is 815 g/mol. The minimum absolute atomic E-state index is 0.675. The second-order valence-corrected chi connectivity index (χ2v) is 17.2. The Balaban J connectivity index is 0.863. The Labute approximate surface area is 389 Å². The van der Waals surface area contributed by atoms with Gasteiger partial charge in [-0.15, -0.1) is 0 Å². The number of hydrogen-bond acceptors (Lipinski definition) is 5. The summed E-state index contributed by atoms with van der Waals surface area (Å²) >= 11 is 0. The van der Waals surface area contributed by atoms with Gasteiger partial charge in [0.1, 0.15) is 0 Å². The number of allylic oxidation sites excluding steroid dienone is 4. The molecule has 0 fully saturated rings. The summed E-state index contributed by atoms with van der Waals surface area (Å²) in [5, 5.41) is 4.51. The standard InChI is InChI=1S/C62H43N5/c1-4-12-41(13-5-1)36-52-38-57(45-14-6-2-7-15-45)65-61-54(52)32-30-48-31-33-56(64-60(48)61)47-26-22-42(23-27-47)43-24-28-49(29-25-43)62-66-58(46-16-8-3-9-17-46)39-59(67-62)51-20-10-19-50(37-51)53-21-11-18-44-34-35-63-40-55(44)53/h1-6,8-14,16-35,37-40H,7,15,36H2. The third-order valence-corrected chi connectivity index (χ3v) is 12.9. The lowest BCUT2D eigenvalue weighted by Gasteiger charge is -2.15. The first kappa shape index (κ1) is 39.9. The third kappa shape index (κ3) is 7.98. The molecule has 0 saturated heterocycles. The molecule has 1 aliphatic rings. The summed E-state index contributed by atoms with van der Waals surface area (Å²) in [7, 11) is 0. The molecule has 4 aromatic heterocycles. The van der Waals surface area contributed by atoms with Crippen molar-refractivity contribution in [1.82, 2.24) is 24.9 Å². The molecule has 11 aromatic rings. The van der Waals surface area contributed by atoms with Crippen LogP contribution in [-0.2, 0) is 6.42 Å². The molecule has 0 saturated carbocycles. The lowest BCUT2D eigenvalue weighted by Crippen LogP contribution is -1.99. The second-order valence-electron chi connectivity index (χ2n) is 17.2. The molecule has 5 heteroatoms. The van der Waals surface area contributed by atoms with Gasteiger partial charge in [-0.05, 0) is 93.9 Å². The Morgan fingerprint density at radius 3 is 1.88 bits per heavy atom. The van der Waals surface area contributed by atoms with Crippen LogP contribution in [0, 0.1) is 0 Å². The molecular formula is C62H43N5. The first-order valence-electron chi connectivity index (χ1n) is 22.9. The van der Waals surface area contributed by atoms with E-state index in [4.69, 9.17) is 19.9 Å². The highest BCUT2D eigenvalue weighted by Gasteiger charge is 2.16. The van der Waals surface area contributed by atoms with Crippen LogP contribution in [-0.4, -0.2) is 24.9 Å². The van der Waals surface area contributed by atoms with Crippen LogP contribution >= 0.6 is 0 Å². The van der Waals surface area contributed by atoms with Crippen LogP contribution in [0.4, 0.5) is 0 Å². The van der Waals surface area contributed by atoms with E-state index in [1.165, 1.54) is 16.7 Å². The summed E-state index contributed by atoms with van der Waals surface area (Å²) in [6, 6.07) is 68.4. The van der Waals surface area contributed by atoms with Gasteiger partial charge in [-0.2, -0.15) is 0 Å². The molecule has 0 unspecified atom stereocenters. The number of aromatic nitrogens is 5. The number of benzene rings is 7. The van der Waals surface area contributed by atoms with E-state index in [1.807, 2.05) is 30.6 Å². The van der Waals surface area contributed by atoms with Crippen LogP contribution in [0.25, 0.3) is 106 Å². The van der Waals surface area contributed by atoms with Gasteiger partial charge in [0.2, 0.25) is 0 Å². The van der Waals surface area contributed by atoms with Crippen molar-refractivity contribution in [2.75, 3.05) is 0 Å². The van der Waals surface area contributed by atoms with Gasteiger partial charge in [-0.3, -0.25) is 4.98 Å². The fourth-order valence-electron chi connectivity index (χ4n) is 9.38. The smallest absolute Gasteiger partial charge is 0.160 e. The molecule has 5 nitrogen and oxygen atoms in total. The average Bonchev–Trinajstić information content (AvgIpc) is 3.41. The van der Waals surface area contributed by atoms with Gasteiger partial charge in [0.25, 0.3) is 0 Å². The lowest BCUT2D eigenvalue weighted by molar-refractivity contribution is 1.04. The molecule has 12 rings (SSSR count). The van der Waals surface area contributed by atoms with E-state index in [-0.39, 0.29) is 0 Å². The molecule has 7 aromatic carbocycles. The highest BCUT2D eigenvalue weighted by molar-refractivity contribution is 6.05. The zero-order valence-electron chi connectivity index (χ0n) is 36.7. The molecule has 0 atom stereocenters. The summed E-state index contributed by atoms with van der Waals surface area (Å²) in [6.07, 6.45) is 13.2. The largest absolute Gasteiger partial charge is 0.264 e.